The van der Waals surface area contributed by atoms with Crippen molar-refractivity contribution in [1.82, 2.24) is 5.32 Å². The Morgan fingerprint density at radius 1 is 1.33 bits per heavy atom. The number of carbonyl (C=O) groups excluding carboxylic acids is 1. The molecule has 0 bridgehead atoms. The highest BCUT2D eigenvalue weighted by Gasteiger charge is 2.23. The first kappa shape index (κ1) is 17.3. The zero-order valence-corrected chi connectivity index (χ0v) is 11.7. The van der Waals surface area contributed by atoms with E-state index < -0.39 is 33.7 Å². The fourth-order valence-corrected chi connectivity index (χ4v) is 1.61. The van der Waals surface area contributed by atoms with Crippen LogP contribution in [0.15, 0.2) is 12.1 Å². The van der Waals surface area contributed by atoms with E-state index in [0.29, 0.717) is 37.6 Å². The second-order valence-electron chi connectivity index (χ2n) is 3.95. The second-order valence-corrected chi connectivity index (χ2v) is 4.33. The summed E-state index contributed by atoms with van der Waals surface area (Å²) in [6, 6.07) is 0.890. The molecule has 0 heterocycles. The van der Waals surface area contributed by atoms with Gasteiger partial charge in [-0.3, -0.25) is 14.9 Å². The second kappa shape index (κ2) is 8.48. The molecule has 0 unspecified atom stereocenters. The Kier molecular flexibility index (Phi) is 6.97. The van der Waals surface area contributed by atoms with Gasteiger partial charge in [-0.05, 0) is 12.5 Å². The zero-order valence-electron chi connectivity index (χ0n) is 10.9. The Bertz CT molecular complexity index is 528. The van der Waals surface area contributed by atoms with E-state index in [1.54, 1.807) is 0 Å². The predicted octanol–water partition coefficient (Wildman–Crippen LogP) is 2.25. The molecule has 0 saturated carbocycles. The van der Waals surface area contributed by atoms with Crippen molar-refractivity contribution in [2.45, 2.75) is 6.42 Å². The number of benzene rings is 1. The van der Waals surface area contributed by atoms with Gasteiger partial charge in [0.05, 0.1) is 17.6 Å². The molecule has 1 amide bonds. The number of nitrogens with zero attached hydrogens (tertiary/aromatic N) is 1. The minimum atomic E-state index is -1.38. The molecule has 0 radical (unpaired) electrons. The van der Waals surface area contributed by atoms with Gasteiger partial charge in [-0.1, -0.05) is 0 Å². The third kappa shape index (κ3) is 5.24. The van der Waals surface area contributed by atoms with Crippen molar-refractivity contribution in [1.29, 1.82) is 0 Å². The van der Waals surface area contributed by atoms with Crippen molar-refractivity contribution in [3.63, 3.8) is 0 Å². The minimum absolute atomic E-state index is 0.178. The lowest BCUT2D eigenvalue weighted by atomic mass is 10.1. The Morgan fingerprint density at radius 2 is 2.00 bits per heavy atom. The van der Waals surface area contributed by atoms with Crippen LogP contribution < -0.4 is 5.32 Å². The van der Waals surface area contributed by atoms with Crippen molar-refractivity contribution in [3.8, 4) is 0 Å². The molecule has 1 N–H and O–H groups in total. The van der Waals surface area contributed by atoms with Crippen LogP contribution in [-0.2, 0) is 4.74 Å². The number of nitrogens with one attached hydrogen (secondary N) is 1. The van der Waals surface area contributed by atoms with Gasteiger partial charge in [0.1, 0.15) is 5.56 Å². The molecule has 6 nitrogen and oxygen atoms in total. The van der Waals surface area contributed by atoms with Crippen LogP contribution in [0.5, 0.6) is 0 Å². The minimum Gasteiger partial charge on any atom is -0.380 e. The smallest absolute Gasteiger partial charge is 0.285 e. The van der Waals surface area contributed by atoms with Crippen LogP contribution in [0.2, 0.25) is 0 Å². The standard InChI is InChI=1S/C12H13ClF2N2O4/c13-2-5-21-4-1-3-16-12(18)8-6-9(14)10(15)7-11(8)17(19)20/h6-7H,1-5H2,(H,16,18). The fourth-order valence-electron chi connectivity index (χ4n) is 1.50. The van der Waals surface area contributed by atoms with Gasteiger partial charge in [0, 0.05) is 19.0 Å². The molecule has 21 heavy (non-hydrogen) atoms. The third-order valence-electron chi connectivity index (χ3n) is 2.45. The fraction of sp³-hybridized carbons (Fsp3) is 0.417. The van der Waals surface area contributed by atoms with Gasteiger partial charge < -0.3 is 10.1 Å². The lowest BCUT2D eigenvalue weighted by Gasteiger charge is -2.06. The lowest BCUT2D eigenvalue weighted by molar-refractivity contribution is -0.385. The quantitative estimate of drug-likeness (QED) is 0.344. The number of ether oxygens (including phenoxy) is 1. The number of amides is 1. The number of alkyl halides is 1. The van der Waals surface area contributed by atoms with Gasteiger partial charge in [-0.25, -0.2) is 8.78 Å². The molecule has 0 spiro atoms. The van der Waals surface area contributed by atoms with E-state index in [9.17, 15) is 23.7 Å². The molecule has 0 aliphatic heterocycles. The third-order valence-corrected chi connectivity index (χ3v) is 2.61. The number of hydrogen-bond acceptors (Lipinski definition) is 4. The first-order valence-electron chi connectivity index (χ1n) is 6.02. The largest absolute Gasteiger partial charge is 0.380 e. The van der Waals surface area contributed by atoms with Crippen LogP contribution >= 0.6 is 11.6 Å². The number of nitro benzene ring substituents is 1. The van der Waals surface area contributed by atoms with Gasteiger partial charge in [0.25, 0.3) is 11.6 Å². The Balaban J connectivity index is 2.65. The average molecular weight is 323 g/mol. The van der Waals surface area contributed by atoms with E-state index in [1.807, 2.05) is 0 Å². The number of nitro groups is 1. The number of rotatable bonds is 8. The summed E-state index contributed by atoms with van der Waals surface area (Å²) in [6.45, 7) is 0.911. The molecule has 0 aliphatic rings. The maximum Gasteiger partial charge on any atom is 0.285 e. The molecule has 0 aliphatic carbocycles. The summed E-state index contributed by atoms with van der Waals surface area (Å²) in [5, 5.41) is 13.1. The number of hydrogen-bond donors (Lipinski definition) is 1. The van der Waals surface area contributed by atoms with Crippen LogP contribution in [0, 0.1) is 21.7 Å². The Morgan fingerprint density at radius 3 is 2.62 bits per heavy atom. The molecule has 9 heteroatoms. The van der Waals surface area contributed by atoms with Crippen LogP contribution in [-0.4, -0.2) is 36.5 Å². The van der Waals surface area contributed by atoms with E-state index in [-0.39, 0.29) is 6.54 Å². The summed E-state index contributed by atoms with van der Waals surface area (Å²) in [5.41, 5.74) is -1.31. The van der Waals surface area contributed by atoms with Gasteiger partial charge in [0.2, 0.25) is 0 Å². The molecular weight excluding hydrogens is 310 g/mol. The zero-order chi connectivity index (χ0) is 15.8. The van der Waals surface area contributed by atoms with E-state index in [0.717, 1.165) is 0 Å². The monoisotopic (exact) mass is 322 g/mol. The van der Waals surface area contributed by atoms with E-state index in [4.69, 9.17) is 16.3 Å². The van der Waals surface area contributed by atoms with Crippen molar-refractivity contribution < 1.29 is 23.2 Å². The Labute approximate surface area is 124 Å². The van der Waals surface area contributed by atoms with Crippen LogP contribution in [0.25, 0.3) is 0 Å². The van der Waals surface area contributed by atoms with Crippen molar-refractivity contribution in [2.75, 3.05) is 25.6 Å². The first-order valence-corrected chi connectivity index (χ1v) is 6.56. The van der Waals surface area contributed by atoms with Crippen molar-refractivity contribution in [2.24, 2.45) is 0 Å². The summed E-state index contributed by atoms with van der Waals surface area (Å²) < 4.78 is 31.1. The summed E-state index contributed by atoms with van der Waals surface area (Å²) in [5.74, 6) is -3.20. The molecule has 1 aromatic carbocycles. The SMILES string of the molecule is O=C(NCCCOCCCl)c1cc(F)c(F)cc1[N+](=O)[O-]. The van der Waals surface area contributed by atoms with E-state index >= 15 is 0 Å². The topological polar surface area (TPSA) is 81.5 Å². The van der Waals surface area contributed by atoms with Crippen LogP contribution in [0.3, 0.4) is 0 Å². The molecule has 0 aromatic heterocycles. The molecule has 0 atom stereocenters. The molecular formula is C12H13ClF2N2O4. The molecule has 1 aromatic rings. The molecule has 116 valence electrons. The normalized spacial score (nSPS) is 10.4. The van der Waals surface area contributed by atoms with Crippen LogP contribution in [0.1, 0.15) is 16.8 Å². The molecule has 0 saturated heterocycles. The maximum atomic E-state index is 13.1. The van der Waals surface area contributed by atoms with Gasteiger partial charge in [-0.2, -0.15) is 0 Å². The predicted molar refractivity (Wildman–Crippen MR) is 71.5 cm³/mol. The van der Waals surface area contributed by atoms with Gasteiger partial charge in [0.15, 0.2) is 11.6 Å². The highest BCUT2D eigenvalue weighted by molar-refractivity contribution is 6.17. The van der Waals surface area contributed by atoms with Crippen molar-refractivity contribution in [3.05, 3.63) is 39.4 Å². The van der Waals surface area contributed by atoms with Crippen LogP contribution in [0.4, 0.5) is 14.5 Å². The van der Waals surface area contributed by atoms with Crippen molar-refractivity contribution >= 4 is 23.2 Å². The summed E-state index contributed by atoms with van der Waals surface area (Å²) in [7, 11) is 0. The first-order chi connectivity index (χ1) is 9.97. The van der Waals surface area contributed by atoms with E-state index in [2.05, 4.69) is 5.32 Å². The summed E-state index contributed by atoms with van der Waals surface area (Å²) in [6.07, 6.45) is 0.458. The molecule has 0 fully saturated rings. The number of halogens is 3. The average Bonchev–Trinajstić information content (AvgIpc) is 2.44. The lowest BCUT2D eigenvalue weighted by Crippen LogP contribution is -2.26. The van der Waals surface area contributed by atoms with Gasteiger partial charge >= 0.3 is 0 Å². The summed E-state index contributed by atoms with van der Waals surface area (Å²) >= 11 is 5.39. The van der Waals surface area contributed by atoms with Gasteiger partial charge in [-0.15, -0.1) is 11.6 Å². The number of carbonyl (C=O) groups is 1. The Hall–Kier alpha value is -1.80. The van der Waals surface area contributed by atoms with E-state index in [1.165, 1.54) is 0 Å². The highest BCUT2D eigenvalue weighted by Crippen LogP contribution is 2.22. The maximum absolute atomic E-state index is 13.1. The summed E-state index contributed by atoms with van der Waals surface area (Å²) in [4.78, 5) is 21.6. The molecule has 1 rings (SSSR count). The highest BCUT2D eigenvalue weighted by atomic mass is 35.5.